The Morgan fingerprint density at radius 3 is 2.44 bits per heavy atom. The molecule has 0 unspecified atom stereocenters. The van der Waals surface area contributed by atoms with Crippen LogP contribution in [0.4, 0.5) is 22.2 Å². The molecule has 0 atom stereocenters. The molecule has 1 aromatic carbocycles. The van der Waals surface area contributed by atoms with E-state index < -0.39 is 5.97 Å². The molecule has 1 heterocycles. The highest BCUT2D eigenvalue weighted by molar-refractivity contribution is 6.00. The molecule has 4 rings (SSSR count). The first-order chi connectivity index (χ1) is 16.4. The standard InChI is InChI=1S/C25H34N6O3/c1-31(2)22-18-8-4-6-10-20(18)28-24(30-22)26-16-12-14-17(15-13-16)27-25(33)29-21-11-7-5-9-19(21)23(32)34-3/h5,7,9,11,16-17H,4,6,8,10,12-15H2,1-3H3,(H,26,28,30)(H2,27,29,33)/t16-,17+. The second-order valence-corrected chi connectivity index (χ2v) is 9.23. The lowest BCUT2D eigenvalue weighted by Gasteiger charge is -2.30. The zero-order valence-corrected chi connectivity index (χ0v) is 20.2. The van der Waals surface area contributed by atoms with Crippen LogP contribution in [-0.4, -0.2) is 55.3 Å². The van der Waals surface area contributed by atoms with E-state index >= 15 is 0 Å². The number of aromatic nitrogens is 2. The summed E-state index contributed by atoms with van der Waals surface area (Å²) in [6.07, 6.45) is 7.99. The topological polar surface area (TPSA) is 108 Å². The van der Waals surface area contributed by atoms with Gasteiger partial charge in [-0.1, -0.05) is 12.1 Å². The quantitative estimate of drug-likeness (QED) is 0.556. The smallest absolute Gasteiger partial charge is 0.339 e. The lowest BCUT2D eigenvalue weighted by molar-refractivity contribution is 0.0602. The molecule has 2 aliphatic carbocycles. The normalized spacial score (nSPS) is 19.5. The average Bonchev–Trinajstić information content (AvgIpc) is 2.84. The van der Waals surface area contributed by atoms with Crippen LogP contribution < -0.4 is 20.9 Å². The van der Waals surface area contributed by atoms with Crippen molar-refractivity contribution >= 4 is 29.5 Å². The summed E-state index contributed by atoms with van der Waals surface area (Å²) in [5.41, 5.74) is 3.22. The van der Waals surface area contributed by atoms with E-state index in [1.807, 2.05) is 14.1 Å². The van der Waals surface area contributed by atoms with Crippen LogP contribution in [0.2, 0.25) is 0 Å². The average molecular weight is 467 g/mol. The van der Waals surface area contributed by atoms with Gasteiger partial charge in [0.2, 0.25) is 5.95 Å². The second-order valence-electron chi connectivity index (χ2n) is 9.23. The van der Waals surface area contributed by atoms with Gasteiger partial charge in [0.05, 0.1) is 24.1 Å². The molecule has 2 aromatic rings. The predicted molar refractivity (Wildman–Crippen MR) is 133 cm³/mol. The van der Waals surface area contributed by atoms with Crippen LogP contribution in [0, 0.1) is 0 Å². The molecule has 2 aliphatic rings. The van der Waals surface area contributed by atoms with Crippen molar-refractivity contribution in [3.8, 4) is 0 Å². The molecule has 2 amide bonds. The van der Waals surface area contributed by atoms with Crippen molar-refractivity contribution in [3.63, 3.8) is 0 Å². The van der Waals surface area contributed by atoms with E-state index in [4.69, 9.17) is 14.7 Å². The van der Waals surface area contributed by atoms with Gasteiger partial charge < -0.3 is 25.6 Å². The number of rotatable bonds is 6. The van der Waals surface area contributed by atoms with E-state index in [1.54, 1.807) is 24.3 Å². The fourth-order valence-corrected chi connectivity index (χ4v) is 4.80. The number of hydrogen-bond donors (Lipinski definition) is 3. The predicted octanol–water partition coefficient (Wildman–Crippen LogP) is 3.75. The number of urea groups is 1. The van der Waals surface area contributed by atoms with E-state index in [0.717, 1.165) is 44.3 Å². The molecule has 182 valence electrons. The molecule has 0 saturated heterocycles. The van der Waals surface area contributed by atoms with E-state index in [-0.39, 0.29) is 18.1 Å². The van der Waals surface area contributed by atoms with Crippen molar-refractivity contribution in [2.75, 3.05) is 36.7 Å². The first kappa shape index (κ1) is 23.8. The van der Waals surface area contributed by atoms with Gasteiger partial charge in [-0.05, 0) is 63.5 Å². The Kier molecular flexibility index (Phi) is 7.49. The number of aryl methyl sites for hydroxylation is 1. The summed E-state index contributed by atoms with van der Waals surface area (Å²) in [6, 6.07) is 6.85. The van der Waals surface area contributed by atoms with Crippen molar-refractivity contribution < 1.29 is 14.3 Å². The van der Waals surface area contributed by atoms with Crippen LogP contribution in [0.5, 0.6) is 0 Å². The van der Waals surface area contributed by atoms with Gasteiger partial charge in [0, 0.05) is 31.7 Å². The third-order valence-corrected chi connectivity index (χ3v) is 6.56. The number of para-hydroxylation sites is 1. The number of nitrogens with one attached hydrogen (secondary N) is 3. The van der Waals surface area contributed by atoms with E-state index in [9.17, 15) is 9.59 Å². The summed E-state index contributed by atoms with van der Waals surface area (Å²) in [6.45, 7) is 0. The van der Waals surface area contributed by atoms with Crippen LogP contribution in [0.25, 0.3) is 0 Å². The van der Waals surface area contributed by atoms with Crippen LogP contribution in [-0.2, 0) is 17.6 Å². The minimum absolute atomic E-state index is 0.0742. The first-order valence-corrected chi connectivity index (χ1v) is 12.0. The van der Waals surface area contributed by atoms with Crippen LogP contribution in [0.1, 0.15) is 60.1 Å². The maximum atomic E-state index is 12.5. The minimum atomic E-state index is -0.482. The zero-order chi connectivity index (χ0) is 24.1. The number of amides is 2. The maximum Gasteiger partial charge on any atom is 0.339 e. The van der Waals surface area contributed by atoms with Crippen molar-refractivity contribution in [2.45, 2.75) is 63.5 Å². The molecule has 0 bridgehead atoms. The third kappa shape index (κ3) is 5.58. The van der Waals surface area contributed by atoms with Gasteiger partial charge in [0.15, 0.2) is 0 Å². The number of ether oxygens (including phenoxy) is 1. The Hall–Kier alpha value is -3.36. The van der Waals surface area contributed by atoms with Crippen LogP contribution >= 0.6 is 0 Å². The number of hydrogen-bond acceptors (Lipinski definition) is 7. The molecule has 9 nitrogen and oxygen atoms in total. The number of carbonyl (C=O) groups excluding carboxylic acids is 2. The Morgan fingerprint density at radius 1 is 1.00 bits per heavy atom. The molecule has 0 aliphatic heterocycles. The fourth-order valence-electron chi connectivity index (χ4n) is 4.80. The zero-order valence-electron chi connectivity index (χ0n) is 20.2. The fraction of sp³-hybridized carbons (Fsp3) is 0.520. The summed E-state index contributed by atoms with van der Waals surface area (Å²) < 4.78 is 4.79. The van der Waals surface area contributed by atoms with Crippen molar-refractivity contribution in [3.05, 3.63) is 41.1 Å². The molecule has 9 heteroatoms. The highest BCUT2D eigenvalue weighted by Crippen LogP contribution is 2.29. The Bertz CT molecular complexity index is 1030. The van der Waals surface area contributed by atoms with Crippen LogP contribution in [0.3, 0.4) is 0 Å². The van der Waals surface area contributed by atoms with Crippen LogP contribution in [0.15, 0.2) is 24.3 Å². The first-order valence-electron chi connectivity index (χ1n) is 12.0. The lowest BCUT2D eigenvalue weighted by atomic mass is 9.91. The Labute approximate surface area is 200 Å². The summed E-state index contributed by atoms with van der Waals surface area (Å²) in [5, 5.41) is 9.35. The summed E-state index contributed by atoms with van der Waals surface area (Å²) >= 11 is 0. The lowest BCUT2D eigenvalue weighted by Crippen LogP contribution is -2.42. The maximum absolute atomic E-state index is 12.5. The van der Waals surface area contributed by atoms with Gasteiger partial charge in [-0.25, -0.2) is 14.6 Å². The SMILES string of the molecule is COC(=O)c1ccccc1NC(=O)N[C@H]1CC[C@@H](Nc2nc3c(c(N(C)C)n2)CCCC3)CC1. The Morgan fingerprint density at radius 2 is 1.71 bits per heavy atom. The van der Waals surface area contributed by atoms with Gasteiger partial charge in [-0.15, -0.1) is 0 Å². The molecule has 0 radical (unpaired) electrons. The third-order valence-electron chi connectivity index (χ3n) is 6.56. The molecule has 34 heavy (non-hydrogen) atoms. The molecule has 3 N–H and O–H groups in total. The summed E-state index contributed by atoms with van der Waals surface area (Å²) in [4.78, 5) is 36.2. The number of fused-ring (bicyclic) bond motifs is 1. The number of benzene rings is 1. The molecular formula is C25H34N6O3. The van der Waals surface area contributed by atoms with Gasteiger partial charge in [0.25, 0.3) is 0 Å². The second kappa shape index (κ2) is 10.7. The van der Waals surface area contributed by atoms with Gasteiger partial charge in [-0.3, -0.25) is 0 Å². The van der Waals surface area contributed by atoms with Gasteiger partial charge in [0.1, 0.15) is 5.82 Å². The van der Waals surface area contributed by atoms with E-state index in [0.29, 0.717) is 17.2 Å². The summed E-state index contributed by atoms with van der Waals surface area (Å²) in [7, 11) is 5.39. The van der Waals surface area contributed by atoms with Gasteiger partial charge >= 0.3 is 12.0 Å². The molecule has 0 spiro atoms. The number of esters is 1. The molecule has 1 fully saturated rings. The minimum Gasteiger partial charge on any atom is -0.465 e. The number of anilines is 3. The van der Waals surface area contributed by atoms with E-state index in [1.165, 1.54) is 31.2 Å². The number of carbonyl (C=O) groups is 2. The van der Waals surface area contributed by atoms with E-state index in [2.05, 4.69) is 20.9 Å². The largest absolute Gasteiger partial charge is 0.465 e. The highest BCUT2D eigenvalue weighted by Gasteiger charge is 2.25. The molecule has 1 saturated carbocycles. The van der Waals surface area contributed by atoms with Gasteiger partial charge in [-0.2, -0.15) is 4.98 Å². The Balaban J connectivity index is 1.31. The van der Waals surface area contributed by atoms with Crippen molar-refractivity contribution in [1.29, 1.82) is 0 Å². The van der Waals surface area contributed by atoms with Crippen molar-refractivity contribution in [2.24, 2.45) is 0 Å². The highest BCUT2D eigenvalue weighted by atomic mass is 16.5. The monoisotopic (exact) mass is 466 g/mol. The van der Waals surface area contributed by atoms with Crippen molar-refractivity contribution in [1.82, 2.24) is 15.3 Å². The summed E-state index contributed by atoms with van der Waals surface area (Å²) in [5.74, 6) is 1.24. The molecule has 1 aromatic heterocycles. The number of methoxy groups -OCH3 is 1. The molecular weight excluding hydrogens is 432 g/mol. The number of nitrogens with zero attached hydrogens (tertiary/aromatic N) is 3.